The number of aryl methyl sites for hydroxylation is 1. The van der Waals surface area contributed by atoms with Crippen LogP contribution >= 0.6 is 23.1 Å². The number of thioether (sulfide) groups is 1. The Balaban J connectivity index is 2.28. The van der Waals surface area contributed by atoms with Gasteiger partial charge in [-0.15, -0.1) is 23.1 Å². The van der Waals surface area contributed by atoms with Gasteiger partial charge >= 0.3 is 0 Å². The highest BCUT2D eigenvalue weighted by molar-refractivity contribution is 8.07. The van der Waals surface area contributed by atoms with Crippen LogP contribution in [0.1, 0.15) is 20.8 Å². The Morgan fingerprint density at radius 3 is 2.50 bits per heavy atom. The third-order valence-corrected chi connectivity index (χ3v) is 4.26. The fraction of sp³-hybridized carbons (Fsp3) is 0.133. The van der Waals surface area contributed by atoms with Crippen molar-refractivity contribution in [2.24, 2.45) is 0 Å². The van der Waals surface area contributed by atoms with Gasteiger partial charge in [-0.3, -0.25) is 4.79 Å². The zero-order valence-corrected chi connectivity index (χ0v) is 12.0. The molecule has 3 heteroatoms. The molecular weight excluding hydrogens is 260 g/mol. The van der Waals surface area contributed by atoms with E-state index < -0.39 is 0 Å². The van der Waals surface area contributed by atoms with E-state index in [2.05, 4.69) is 31.2 Å². The number of rotatable bonds is 4. The molecule has 0 unspecified atom stereocenters. The molecule has 18 heavy (non-hydrogen) atoms. The van der Waals surface area contributed by atoms with Crippen LogP contribution in [0.3, 0.4) is 0 Å². The highest BCUT2D eigenvalue weighted by Crippen LogP contribution is 2.26. The second-order valence-corrected chi connectivity index (χ2v) is 5.72. The topological polar surface area (TPSA) is 17.1 Å². The Bertz CT molecular complexity index is 551. The maximum atomic E-state index is 12.0. The lowest BCUT2D eigenvalue weighted by molar-refractivity contribution is 0.105. The van der Waals surface area contributed by atoms with E-state index in [-0.39, 0.29) is 5.78 Å². The second-order valence-electron chi connectivity index (χ2n) is 3.92. The largest absolute Gasteiger partial charge is 0.288 e. The molecule has 1 heterocycles. The second kappa shape index (κ2) is 6.03. The van der Waals surface area contributed by atoms with Crippen LogP contribution < -0.4 is 0 Å². The van der Waals surface area contributed by atoms with Crippen molar-refractivity contribution in [3.63, 3.8) is 0 Å². The maximum absolute atomic E-state index is 12.0. The van der Waals surface area contributed by atoms with Gasteiger partial charge in [0.15, 0.2) is 5.78 Å². The number of allylic oxidation sites excluding steroid dienone is 1. The van der Waals surface area contributed by atoms with Crippen molar-refractivity contribution in [3.05, 3.63) is 63.9 Å². The van der Waals surface area contributed by atoms with Gasteiger partial charge in [0.1, 0.15) is 0 Å². The van der Waals surface area contributed by atoms with Crippen molar-refractivity contribution >= 4 is 33.8 Å². The van der Waals surface area contributed by atoms with E-state index in [9.17, 15) is 4.79 Å². The molecular formula is C15H14OS2. The third-order valence-electron chi connectivity index (χ3n) is 2.58. The van der Waals surface area contributed by atoms with Gasteiger partial charge in [-0.25, -0.2) is 0 Å². The summed E-state index contributed by atoms with van der Waals surface area (Å²) in [5, 5.41) is 1.92. The molecule has 0 radical (unpaired) electrons. The molecule has 0 amide bonds. The van der Waals surface area contributed by atoms with E-state index in [1.54, 1.807) is 17.8 Å². The molecule has 1 aromatic carbocycles. The van der Waals surface area contributed by atoms with Gasteiger partial charge in [0.05, 0.1) is 4.88 Å². The first-order chi connectivity index (χ1) is 8.70. The fourth-order valence-electron chi connectivity index (χ4n) is 1.59. The van der Waals surface area contributed by atoms with E-state index in [1.807, 2.05) is 23.8 Å². The Hall–Kier alpha value is -1.32. The van der Waals surface area contributed by atoms with Crippen LogP contribution in [0.4, 0.5) is 0 Å². The summed E-state index contributed by atoms with van der Waals surface area (Å²) in [6, 6.07) is 12.0. The highest BCUT2D eigenvalue weighted by atomic mass is 32.2. The number of hydrogen-bond donors (Lipinski definition) is 0. The average Bonchev–Trinajstić information content (AvgIpc) is 2.91. The third kappa shape index (κ3) is 3.12. The van der Waals surface area contributed by atoms with Crippen molar-refractivity contribution in [3.8, 4) is 0 Å². The molecule has 2 rings (SSSR count). The first-order valence-electron chi connectivity index (χ1n) is 5.61. The molecule has 0 saturated heterocycles. The number of benzene rings is 1. The van der Waals surface area contributed by atoms with Gasteiger partial charge < -0.3 is 0 Å². The minimum absolute atomic E-state index is 0.0786. The lowest BCUT2D eigenvalue weighted by atomic mass is 10.1. The van der Waals surface area contributed by atoms with Crippen molar-refractivity contribution in [1.82, 2.24) is 0 Å². The van der Waals surface area contributed by atoms with Crippen LogP contribution in [-0.2, 0) is 0 Å². The average molecular weight is 274 g/mol. The Morgan fingerprint density at radius 1 is 1.22 bits per heavy atom. The first-order valence-corrected chi connectivity index (χ1v) is 7.71. The van der Waals surface area contributed by atoms with Gasteiger partial charge in [0, 0.05) is 11.0 Å². The molecule has 0 spiro atoms. The number of ketones is 1. The molecule has 0 atom stereocenters. The summed E-state index contributed by atoms with van der Waals surface area (Å²) < 4.78 is 0. The van der Waals surface area contributed by atoms with Crippen LogP contribution in [0.15, 0.2) is 47.9 Å². The number of hydrogen-bond acceptors (Lipinski definition) is 3. The van der Waals surface area contributed by atoms with Crippen LogP contribution in [0.2, 0.25) is 0 Å². The Morgan fingerprint density at radius 2 is 1.94 bits per heavy atom. The predicted octanol–water partition coefficient (Wildman–Crippen LogP) is 4.64. The smallest absolute Gasteiger partial charge is 0.196 e. The number of thiophene rings is 1. The SMILES string of the molecule is CS/C(=C\C(=O)c1cccs1)c1ccc(C)cc1. The highest BCUT2D eigenvalue weighted by Gasteiger charge is 2.07. The van der Waals surface area contributed by atoms with E-state index in [4.69, 9.17) is 0 Å². The maximum Gasteiger partial charge on any atom is 0.196 e. The monoisotopic (exact) mass is 274 g/mol. The summed E-state index contributed by atoms with van der Waals surface area (Å²) in [5.74, 6) is 0.0786. The predicted molar refractivity (Wildman–Crippen MR) is 81.3 cm³/mol. The zero-order valence-electron chi connectivity index (χ0n) is 10.3. The quantitative estimate of drug-likeness (QED) is 0.596. The molecule has 2 aromatic rings. The van der Waals surface area contributed by atoms with E-state index >= 15 is 0 Å². The summed E-state index contributed by atoms with van der Waals surface area (Å²) >= 11 is 3.08. The van der Waals surface area contributed by atoms with Crippen molar-refractivity contribution in [1.29, 1.82) is 0 Å². The summed E-state index contributed by atoms with van der Waals surface area (Å²) in [5.41, 5.74) is 2.32. The van der Waals surface area contributed by atoms with E-state index in [0.29, 0.717) is 0 Å². The molecule has 0 bridgehead atoms. The summed E-state index contributed by atoms with van der Waals surface area (Å²) in [4.78, 5) is 13.8. The minimum Gasteiger partial charge on any atom is -0.288 e. The molecule has 1 nitrogen and oxygen atoms in total. The lowest BCUT2D eigenvalue weighted by Gasteiger charge is -2.04. The summed E-state index contributed by atoms with van der Waals surface area (Å²) in [6.07, 6.45) is 3.72. The van der Waals surface area contributed by atoms with E-state index in [1.165, 1.54) is 16.9 Å². The standard InChI is InChI=1S/C15H14OS2/c1-11-5-7-12(8-6-11)15(17-2)10-13(16)14-4-3-9-18-14/h3-10H,1-2H3/b15-10-. The van der Waals surface area contributed by atoms with Crippen LogP contribution in [0.5, 0.6) is 0 Å². The molecule has 0 saturated carbocycles. The minimum atomic E-state index is 0.0786. The molecule has 92 valence electrons. The first kappa shape index (κ1) is 13.1. The molecule has 0 aliphatic heterocycles. The van der Waals surface area contributed by atoms with Crippen LogP contribution in [0, 0.1) is 6.92 Å². The van der Waals surface area contributed by atoms with Gasteiger partial charge in [-0.1, -0.05) is 35.9 Å². The summed E-state index contributed by atoms with van der Waals surface area (Å²) in [7, 11) is 0. The molecule has 0 aliphatic carbocycles. The number of carbonyl (C=O) groups excluding carboxylic acids is 1. The normalized spacial score (nSPS) is 11.6. The van der Waals surface area contributed by atoms with Crippen LogP contribution in [-0.4, -0.2) is 12.0 Å². The number of carbonyl (C=O) groups is 1. The van der Waals surface area contributed by atoms with Crippen molar-refractivity contribution in [2.75, 3.05) is 6.26 Å². The Kier molecular flexibility index (Phi) is 4.39. The van der Waals surface area contributed by atoms with Crippen LogP contribution in [0.25, 0.3) is 4.91 Å². The zero-order chi connectivity index (χ0) is 13.0. The van der Waals surface area contributed by atoms with Crippen molar-refractivity contribution < 1.29 is 4.79 Å². The summed E-state index contributed by atoms with van der Waals surface area (Å²) in [6.45, 7) is 2.06. The molecule has 0 fully saturated rings. The van der Waals surface area contributed by atoms with Gasteiger partial charge in [-0.2, -0.15) is 0 Å². The lowest BCUT2D eigenvalue weighted by Crippen LogP contribution is -1.92. The van der Waals surface area contributed by atoms with E-state index in [0.717, 1.165) is 15.3 Å². The molecule has 0 aliphatic rings. The fourth-order valence-corrected chi connectivity index (χ4v) is 2.82. The van der Waals surface area contributed by atoms with Crippen molar-refractivity contribution in [2.45, 2.75) is 6.92 Å². The Labute approximate surface area is 116 Å². The molecule has 0 N–H and O–H groups in total. The molecule has 1 aromatic heterocycles. The van der Waals surface area contributed by atoms with Gasteiger partial charge in [0.2, 0.25) is 0 Å². The van der Waals surface area contributed by atoms with Gasteiger partial charge in [0.25, 0.3) is 0 Å². The van der Waals surface area contributed by atoms with Gasteiger partial charge in [-0.05, 0) is 30.2 Å².